The van der Waals surface area contributed by atoms with Gasteiger partial charge in [0.25, 0.3) is 0 Å². The molecular weight excluding hydrogens is 204 g/mol. The van der Waals surface area contributed by atoms with E-state index in [2.05, 4.69) is 4.98 Å². The van der Waals surface area contributed by atoms with Gasteiger partial charge in [-0.3, -0.25) is 4.57 Å². The maximum Gasteiger partial charge on any atom is 0.333 e. The fourth-order valence-electron chi connectivity index (χ4n) is 1.86. The summed E-state index contributed by atoms with van der Waals surface area (Å²) in [5, 5.41) is 0. The van der Waals surface area contributed by atoms with Crippen LogP contribution in [0, 0.1) is 6.92 Å². The highest BCUT2D eigenvalue weighted by atomic mass is 16.5. The van der Waals surface area contributed by atoms with Crippen LogP contribution < -0.4 is 0 Å². The number of esters is 1. The highest BCUT2D eigenvalue weighted by Gasteiger charge is 2.16. The topological polar surface area (TPSA) is 44.1 Å². The molecule has 0 spiro atoms. The van der Waals surface area contributed by atoms with Gasteiger partial charge in [-0.25, -0.2) is 9.78 Å². The first-order valence-electron chi connectivity index (χ1n) is 5.05. The first-order chi connectivity index (χ1) is 7.74. The number of hydrogen-bond acceptors (Lipinski definition) is 3. The van der Waals surface area contributed by atoms with Crippen molar-refractivity contribution in [3.63, 3.8) is 0 Å². The van der Waals surface area contributed by atoms with Crippen molar-refractivity contribution < 1.29 is 9.53 Å². The summed E-state index contributed by atoms with van der Waals surface area (Å²) < 4.78 is 6.77. The van der Waals surface area contributed by atoms with Crippen molar-refractivity contribution in [2.24, 2.45) is 0 Å². The maximum absolute atomic E-state index is 11.0. The second-order valence-electron chi connectivity index (χ2n) is 3.85. The van der Waals surface area contributed by atoms with Gasteiger partial charge >= 0.3 is 5.97 Å². The molecule has 0 N–H and O–H groups in total. The Balaban J connectivity index is 2.18. The second kappa shape index (κ2) is 3.20. The Hall–Kier alpha value is -2.10. The molecule has 16 heavy (non-hydrogen) atoms. The summed E-state index contributed by atoms with van der Waals surface area (Å²) in [4.78, 5) is 15.3. The lowest BCUT2D eigenvalue weighted by Crippen LogP contribution is -1.97. The van der Waals surface area contributed by atoms with Crippen LogP contribution in [0.5, 0.6) is 0 Å². The monoisotopic (exact) mass is 214 g/mol. The molecule has 3 rings (SSSR count). The minimum atomic E-state index is -0.288. The number of ether oxygens (including phenoxy) is 1. The minimum absolute atomic E-state index is 0.288. The van der Waals surface area contributed by atoms with E-state index in [4.69, 9.17) is 4.74 Å². The second-order valence-corrected chi connectivity index (χ2v) is 3.85. The number of nitrogens with zero attached hydrogens (tertiary/aromatic N) is 2. The summed E-state index contributed by atoms with van der Waals surface area (Å²) in [6.07, 6.45) is 3.22. The summed E-state index contributed by atoms with van der Waals surface area (Å²) in [7, 11) is 0. The van der Waals surface area contributed by atoms with Gasteiger partial charge < -0.3 is 4.74 Å². The SMILES string of the molecule is Cc1ccc2c(c1)ncn2C1=CC(=O)OC1. The molecule has 0 unspecified atom stereocenters. The van der Waals surface area contributed by atoms with Crippen LogP contribution in [0.25, 0.3) is 16.7 Å². The smallest absolute Gasteiger partial charge is 0.333 e. The number of aromatic nitrogens is 2. The van der Waals surface area contributed by atoms with Gasteiger partial charge in [-0.15, -0.1) is 0 Å². The zero-order chi connectivity index (χ0) is 11.1. The van der Waals surface area contributed by atoms with Gasteiger partial charge in [-0.1, -0.05) is 6.07 Å². The molecule has 0 bridgehead atoms. The largest absolute Gasteiger partial charge is 0.456 e. The van der Waals surface area contributed by atoms with Crippen LogP contribution in [0.3, 0.4) is 0 Å². The molecule has 2 heterocycles. The highest BCUT2D eigenvalue weighted by Crippen LogP contribution is 2.20. The number of fused-ring (bicyclic) bond motifs is 1. The minimum Gasteiger partial charge on any atom is -0.456 e. The fraction of sp³-hybridized carbons (Fsp3) is 0.167. The molecule has 2 aromatic rings. The van der Waals surface area contributed by atoms with E-state index < -0.39 is 0 Å². The van der Waals surface area contributed by atoms with Crippen molar-refractivity contribution in [2.45, 2.75) is 6.92 Å². The van der Waals surface area contributed by atoms with Crippen molar-refractivity contribution in [3.05, 3.63) is 36.2 Å². The van der Waals surface area contributed by atoms with Gasteiger partial charge in [0, 0.05) is 6.08 Å². The Bertz CT molecular complexity index is 611. The molecule has 1 aromatic carbocycles. The number of cyclic esters (lactones) is 1. The molecule has 1 aliphatic heterocycles. The van der Waals surface area contributed by atoms with E-state index in [-0.39, 0.29) is 5.97 Å². The fourth-order valence-corrected chi connectivity index (χ4v) is 1.86. The van der Waals surface area contributed by atoms with E-state index >= 15 is 0 Å². The Morgan fingerprint density at radius 1 is 1.44 bits per heavy atom. The van der Waals surface area contributed by atoms with E-state index in [1.54, 1.807) is 6.33 Å². The summed E-state index contributed by atoms with van der Waals surface area (Å²) in [6, 6.07) is 6.05. The zero-order valence-electron chi connectivity index (χ0n) is 8.80. The average molecular weight is 214 g/mol. The van der Waals surface area contributed by atoms with Crippen LogP contribution in [-0.4, -0.2) is 22.1 Å². The molecule has 1 aliphatic rings. The molecule has 1 aromatic heterocycles. The van der Waals surface area contributed by atoms with Gasteiger partial charge in [0.1, 0.15) is 12.9 Å². The number of rotatable bonds is 1. The highest BCUT2D eigenvalue weighted by molar-refractivity contribution is 5.93. The van der Waals surface area contributed by atoms with Crippen molar-refractivity contribution in [3.8, 4) is 0 Å². The van der Waals surface area contributed by atoms with Crippen molar-refractivity contribution in [2.75, 3.05) is 6.61 Å². The Labute approximate surface area is 92.2 Å². The third-order valence-electron chi connectivity index (χ3n) is 2.66. The van der Waals surface area contributed by atoms with Crippen LogP contribution in [0.4, 0.5) is 0 Å². The molecule has 4 heteroatoms. The van der Waals surface area contributed by atoms with E-state index in [0.717, 1.165) is 16.7 Å². The van der Waals surface area contributed by atoms with Gasteiger partial charge in [0.2, 0.25) is 0 Å². The number of carbonyl (C=O) groups is 1. The summed E-state index contributed by atoms with van der Waals surface area (Å²) in [5.41, 5.74) is 3.93. The van der Waals surface area contributed by atoms with E-state index in [1.165, 1.54) is 11.6 Å². The predicted molar refractivity (Wildman–Crippen MR) is 59.7 cm³/mol. The van der Waals surface area contributed by atoms with Crippen LogP contribution >= 0.6 is 0 Å². The molecule has 0 saturated carbocycles. The summed E-state index contributed by atoms with van der Waals surface area (Å²) >= 11 is 0. The first-order valence-corrected chi connectivity index (χ1v) is 5.05. The number of imidazole rings is 1. The first kappa shape index (κ1) is 9.15. The molecule has 0 aliphatic carbocycles. The lowest BCUT2D eigenvalue weighted by Gasteiger charge is -2.02. The molecule has 4 nitrogen and oxygen atoms in total. The lowest BCUT2D eigenvalue weighted by molar-refractivity contribution is -0.134. The standard InChI is InChI=1S/C12H10N2O2/c1-8-2-3-11-10(4-8)13-7-14(11)9-5-12(15)16-6-9/h2-5,7H,6H2,1H3. The molecule has 80 valence electrons. The summed E-state index contributed by atoms with van der Waals surface area (Å²) in [6.45, 7) is 2.35. The van der Waals surface area contributed by atoms with E-state index in [0.29, 0.717) is 6.61 Å². The van der Waals surface area contributed by atoms with Gasteiger partial charge in [-0.2, -0.15) is 0 Å². The molecule has 0 atom stereocenters. The lowest BCUT2D eigenvalue weighted by atomic mass is 10.2. The normalized spacial score (nSPS) is 15.3. The molecule has 0 radical (unpaired) electrons. The molecule has 0 fully saturated rings. The quantitative estimate of drug-likeness (QED) is 0.679. The Morgan fingerprint density at radius 3 is 3.06 bits per heavy atom. The number of carbonyl (C=O) groups excluding carboxylic acids is 1. The molecule has 0 amide bonds. The van der Waals surface area contributed by atoms with Crippen LogP contribution in [0.2, 0.25) is 0 Å². The van der Waals surface area contributed by atoms with Gasteiger partial charge in [-0.05, 0) is 24.6 Å². The number of hydrogen-bond donors (Lipinski definition) is 0. The Kier molecular flexibility index (Phi) is 1.83. The number of aryl methyl sites for hydroxylation is 1. The van der Waals surface area contributed by atoms with Gasteiger partial charge in [0.05, 0.1) is 16.7 Å². The van der Waals surface area contributed by atoms with Gasteiger partial charge in [0.15, 0.2) is 0 Å². The maximum atomic E-state index is 11.0. The van der Waals surface area contributed by atoms with Crippen molar-refractivity contribution in [1.29, 1.82) is 0 Å². The van der Waals surface area contributed by atoms with E-state index in [9.17, 15) is 4.79 Å². The Morgan fingerprint density at radius 2 is 2.31 bits per heavy atom. The molecule has 0 saturated heterocycles. The van der Waals surface area contributed by atoms with Crippen LogP contribution in [-0.2, 0) is 9.53 Å². The molecular formula is C12H10N2O2. The summed E-state index contributed by atoms with van der Waals surface area (Å²) in [5.74, 6) is -0.288. The third-order valence-corrected chi connectivity index (χ3v) is 2.66. The zero-order valence-corrected chi connectivity index (χ0v) is 8.80. The van der Waals surface area contributed by atoms with Crippen LogP contribution in [0.1, 0.15) is 5.56 Å². The van der Waals surface area contributed by atoms with E-state index in [1.807, 2.05) is 29.7 Å². The van der Waals surface area contributed by atoms with Crippen LogP contribution in [0.15, 0.2) is 30.6 Å². The predicted octanol–water partition coefficient (Wildman–Crippen LogP) is 1.74. The number of benzene rings is 1. The third kappa shape index (κ3) is 1.31. The average Bonchev–Trinajstić information content (AvgIpc) is 2.83. The van der Waals surface area contributed by atoms with Crippen molar-refractivity contribution in [1.82, 2.24) is 9.55 Å². The van der Waals surface area contributed by atoms with Crippen molar-refractivity contribution >= 4 is 22.7 Å².